The lowest BCUT2D eigenvalue weighted by molar-refractivity contribution is 0.375. The molecule has 0 aliphatic heterocycles. The average Bonchev–Trinajstić information content (AvgIpc) is 1.85. The molecule has 1 heterocycles. The second-order valence-electron chi connectivity index (χ2n) is 1.36. The van der Waals surface area contributed by atoms with Crippen LogP contribution in [-0.2, 0) is 0 Å². The van der Waals surface area contributed by atoms with Crippen molar-refractivity contribution in [3.05, 3.63) is 7.66 Å². The first-order valence-electron chi connectivity index (χ1n) is 2.33. The van der Waals surface area contributed by atoms with Gasteiger partial charge in [0.15, 0.2) is 7.66 Å². The molecule has 6 heteroatoms. The van der Waals surface area contributed by atoms with Crippen molar-refractivity contribution < 1.29 is 4.74 Å². The molecule has 0 bridgehead atoms. The highest BCUT2D eigenvalue weighted by Crippen LogP contribution is 2.06. The monoisotopic (exact) mass is 363 g/mol. The van der Waals surface area contributed by atoms with E-state index in [1.54, 1.807) is 0 Å². The number of nitrogens with zero attached hydrogens (tertiary/aromatic N) is 3. The fourth-order valence-corrected chi connectivity index (χ4v) is 1.73. The van der Waals surface area contributed by atoms with Crippen molar-refractivity contribution in [2.24, 2.45) is 0 Å². The molecule has 0 radical (unpaired) electrons. The van der Waals surface area contributed by atoms with Gasteiger partial charge in [-0.05, 0) is 0 Å². The summed E-state index contributed by atoms with van der Waals surface area (Å²) in [6.45, 7) is 0. The van der Waals surface area contributed by atoms with Crippen LogP contribution in [0.5, 0.6) is 6.01 Å². The van der Waals surface area contributed by atoms with E-state index < -0.39 is 0 Å². The molecular formula is C4H3I2N3O. The highest BCUT2D eigenvalue weighted by Gasteiger charge is 1.99. The molecule has 54 valence electrons. The molecule has 0 saturated carbocycles. The number of hydrogen-bond acceptors (Lipinski definition) is 4. The zero-order valence-electron chi connectivity index (χ0n) is 5.01. The Bertz CT molecular complexity index is 222. The van der Waals surface area contributed by atoms with Crippen LogP contribution in [0.1, 0.15) is 0 Å². The summed E-state index contributed by atoms with van der Waals surface area (Å²) in [5.74, 6) is 0. The first kappa shape index (κ1) is 8.37. The quantitative estimate of drug-likeness (QED) is 0.702. The second kappa shape index (κ2) is 3.60. The first-order chi connectivity index (χ1) is 4.72. The van der Waals surface area contributed by atoms with Crippen LogP contribution in [0.25, 0.3) is 0 Å². The summed E-state index contributed by atoms with van der Waals surface area (Å²) in [5, 5.41) is 0. The van der Waals surface area contributed by atoms with E-state index in [1.165, 1.54) is 7.11 Å². The summed E-state index contributed by atoms with van der Waals surface area (Å²) < 4.78 is 6.10. The van der Waals surface area contributed by atoms with Crippen LogP contribution in [-0.4, -0.2) is 22.1 Å². The fourth-order valence-electron chi connectivity index (χ4n) is 0.400. The third-order valence-electron chi connectivity index (χ3n) is 0.743. The fraction of sp³-hybridized carbons (Fsp3) is 0.250. The highest BCUT2D eigenvalue weighted by molar-refractivity contribution is 14.1. The second-order valence-corrected chi connectivity index (χ2v) is 3.29. The largest absolute Gasteiger partial charge is 0.467 e. The van der Waals surface area contributed by atoms with Crippen molar-refractivity contribution >= 4 is 45.2 Å². The van der Waals surface area contributed by atoms with Gasteiger partial charge in [-0.25, -0.2) is 0 Å². The summed E-state index contributed by atoms with van der Waals surface area (Å²) in [6.07, 6.45) is 0. The van der Waals surface area contributed by atoms with Crippen molar-refractivity contribution in [2.45, 2.75) is 0 Å². The van der Waals surface area contributed by atoms with Gasteiger partial charge in [0.05, 0.1) is 7.11 Å². The minimum atomic E-state index is 0.365. The van der Waals surface area contributed by atoms with Crippen molar-refractivity contribution in [3.8, 4) is 6.01 Å². The van der Waals surface area contributed by atoms with Crippen molar-refractivity contribution in [3.63, 3.8) is 0 Å². The van der Waals surface area contributed by atoms with Crippen LogP contribution in [0.3, 0.4) is 0 Å². The molecule has 1 aromatic heterocycles. The summed E-state index contributed by atoms with van der Waals surface area (Å²) in [5.41, 5.74) is 0. The zero-order valence-corrected chi connectivity index (χ0v) is 9.32. The molecule has 0 aliphatic carbocycles. The number of rotatable bonds is 1. The van der Waals surface area contributed by atoms with Crippen LogP contribution in [0.4, 0.5) is 0 Å². The van der Waals surface area contributed by atoms with Gasteiger partial charge in [0.1, 0.15) is 0 Å². The molecule has 1 aromatic rings. The molecule has 0 amide bonds. The third-order valence-corrected chi connectivity index (χ3v) is 1.71. The summed E-state index contributed by atoms with van der Waals surface area (Å²) in [6, 6.07) is 0.365. The Morgan fingerprint density at radius 3 is 2.00 bits per heavy atom. The van der Waals surface area contributed by atoms with E-state index >= 15 is 0 Å². The highest BCUT2D eigenvalue weighted by atomic mass is 127. The van der Waals surface area contributed by atoms with Crippen molar-refractivity contribution in [1.82, 2.24) is 15.0 Å². The standard InChI is InChI=1S/C4H3I2N3O/c1-10-4-8-2(5)7-3(6)9-4/h1H3. The predicted octanol–water partition coefficient (Wildman–Crippen LogP) is 1.09. The topological polar surface area (TPSA) is 47.9 Å². The van der Waals surface area contributed by atoms with Crippen LogP contribution < -0.4 is 4.74 Å². The Morgan fingerprint density at radius 2 is 1.60 bits per heavy atom. The molecule has 0 aromatic carbocycles. The Kier molecular flexibility index (Phi) is 3.01. The maximum Gasteiger partial charge on any atom is 0.321 e. The maximum absolute atomic E-state index is 4.80. The van der Waals surface area contributed by atoms with Gasteiger partial charge in [-0.15, -0.1) is 0 Å². The lowest BCUT2D eigenvalue weighted by Gasteiger charge is -1.96. The Labute approximate surface area is 85.1 Å². The van der Waals surface area contributed by atoms with Gasteiger partial charge in [0.25, 0.3) is 0 Å². The van der Waals surface area contributed by atoms with Crippen LogP contribution >= 0.6 is 45.2 Å². The normalized spacial score (nSPS) is 9.50. The Balaban J connectivity index is 3.06. The minimum absolute atomic E-state index is 0.365. The Hall–Kier alpha value is 0.270. The number of ether oxygens (including phenoxy) is 1. The van der Waals surface area contributed by atoms with Crippen molar-refractivity contribution in [2.75, 3.05) is 7.11 Å². The molecule has 0 aliphatic rings. The number of aromatic nitrogens is 3. The van der Waals surface area contributed by atoms with E-state index in [0.29, 0.717) is 13.7 Å². The van der Waals surface area contributed by atoms with Crippen LogP contribution in [0.2, 0.25) is 0 Å². The molecule has 0 spiro atoms. The van der Waals surface area contributed by atoms with Gasteiger partial charge >= 0.3 is 6.01 Å². The summed E-state index contributed by atoms with van der Waals surface area (Å²) in [7, 11) is 1.53. The summed E-state index contributed by atoms with van der Waals surface area (Å²) >= 11 is 4.01. The van der Waals surface area contributed by atoms with Gasteiger partial charge in [-0.1, -0.05) is 0 Å². The van der Waals surface area contributed by atoms with E-state index in [0.717, 1.165) is 0 Å². The smallest absolute Gasteiger partial charge is 0.321 e. The molecule has 10 heavy (non-hydrogen) atoms. The SMILES string of the molecule is COc1nc(I)nc(I)n1. The maximum atomic E-state index is 4.80. The van der Waals surface area contributed by atoms with Crippen molar-refractivity contribution in [1.29, 1.82) is 0 Å². The lowest BCUT2D eigenvalue weighted by atomic mass is 11.0. The van der Waals surface area contributed by atoms with Gasteiger partial charge in [0, 0.05) is 45.2 Å². The molecule has 0 unspecified atom stereocenters. The van der Waals surface area contributed by atoms with E-state index in [4.69, 9.17) is 4.74 Å². The first-order valence-corrected chi connectivity index (χ1v) is 4.49. The van der Waals surface area contributed by atoms with Gasteiger partial charge in [0.2, 0.25) is 0 Å². The lowest BCUT2D eigenvalue weighted by Crippen LogP contribution is -1.99. The van der Waals surface area contributed by atoms with E-state index in [2.05, 4.69) is 15.0 Å². The summed E-state index contributed by atoms with van der Waals surface area (Å²) in [4.78, 5) is 11.7. The van der Waals surface area contributed by atoms with E-state index in [9.17, 15) is 0 Å². The van der Waals surface area contributed by atoms with E-state index in [-0.39, 0.29) is 0 Å². The molecule has 0 atom stereocenters. The number of hydrogen-bond donors (Lipinski definition) is 0. The van der Waals surface area contributed by atoms with Gasteiger partial charge in [-0.3, -0.25) is 0 Å². The predicted molar refractivity (Wildman–Crippen MR) is 51.8 cm³/mol. The van der Waals surface area contributed by atoms with Crippen LogP contribution in [0, 0.1) is 7.66 Å². The Morgan fingerprint density at radius 1 is 1.10 bits per heavy atom. The zero-order chi connectivity index (χ0) is 7.56. The van der Waals surface area contributed by atoms with Gasteiger partial charge in [-0.2, -0.15) is 15.0 Å². The minimum Gasteiger partial charge on any atom is -0.467 e. The van der Waals surface area contributed by atoms with Crippen LogP contribution in [0.15, 0.2) is 0 Å². The molecule has 0 N–H and O–H groups in total. The molecule has 1 rings (SSSR count). The molecule has 4 nitrogen and oxygen atoms in total. The number of halogens is 2. The molecule has 0 fully saturated rings. The number of methoxy groups -OCH3 is 1. The molecular weight excluding hydrogens is 360 g/mol. The third kappa shape index (κ3) is 2.15. The molecule has 0 saturated heterocycles. The average molecular weight is 363 g/mol. The van der Waals surface area contributed by atoms with E-state index in [1.807, 2.05) is 45.2 Å². The van der Waals surface area contributed by atoms with Gasteiger partial charge < -0.3 is 4.74 Å².